The molecule has 0 bridgehead atoms. The summed E-state index contributed by atoms with van der Waals surface area (Å²) < 4.78 is 42.4. The van der Waals surface area contributed by atoms with E-state index in [2.05, 4.69) is 30.4 Å². The molecule has 2 N–H and O–H groups in total. The van der Waals surface area contributed by atoms with E-state index in [1.807, 2.05) is 0 Å². The highest BCUT2D eigenvalue weighted by atomic mass is 19.4. The topological polar surface area (TPSA) is 94.0 Å². The summed E-state index contributed by atoms with van der Waals surface area (Å²) in [7, 11) is 1.68. The van der Waals surface area contributed by atoms with Crippen LogP contribution in [-0.2, 0) is 7.05 Å². The van der Waals surface area contributed by atoms with E-state index in [0.717, 1.165) is 32.1 Å². The van der Waals surface area contributed by atoms with E-state index in [1.165, 1.54) is 16.8 Å². The monoisotopic (exact) mass is 384 g/mol. The third-order valence-corrected chi connectivity index (χ3v) is 4.09. The quantitative estimate of drug-likeness (QED) is 0.818. The van der Waals surface area contributed by atoms with E-state index in [4.69, 9.17) is 0 Å². The number of alkyl halides is 3. The second-order valence-electron chi connectivity index (χ2n) is 6.18. The van der Waals surface area contributed by atoms with E-state index in [0.29, 0.717) is 11.8 Å². The van der Waals surface area contributed by atoms with Crippen molar-refractivity contribution in [2.45, 2.75) is 24.9 Å². The Balaban J connectivity index is 1.62. The highest BCUT2D eigenvalue weighted by Gasteiger charge is 2.28. The highest BCUT2D eigenvalue weighted by molar-refractivity contribution is 6.03. The average molecular weight is 384 g/mol. The summed E-state index contributed by atoms with van der Waals surface area (Å²) in [5, 5.41) is 10.3. The van der Waals surface area contributed by atoms with Crippen LogP contribution < -0.4 is 15.4 Å². The van der Waals surface area contributed by atoms with Crippen LogP contribution in [0, 0.1) is 0 Å². The molecule has 2 aromatic rings. The lowest BCUT2D eigenvalue weighted by Gasteiger charge is -2.19. The molecule has 0 spiro atoms. The number of carbonyl (C=O) groups excluding carboxylic acids is 1. The SMILES string of the molecule is Cn1nc(C2CCNCC2)nc1NC(=O)c1ccc(OCC(F)(F)F)nc1. The Labute approximate surface area is 153 Å². The van der Waals surface area contributed by atoms with Crippen molar-refractivity contribution in [2.24, 2.45) is 7.05 Å². The van der Waals surface area contributed by atoms with Crippen molar-refractivity contribution in [1.29, 1.82) is 0 Å². The van der Waals surface area contributed by atoms with Crippen molar-refractivity contribution in [1.82, 2.24) is 25.1 Å². The Kier molecular flexibility index (Phi) is 5.59. The van der Waals surface area contributed by atoms with Gasteiger partial charge in [-0.25, -0.2) is 9.67 Å². The number of halogens is 3. The lowest BCUT2D eigenvalue weighted by molar-refractivity contribution is -0.154. The van der Waals surface area contributed by atoms with E-state index >= 15 is 0 Å². The summed E-state index contributed by atoms with van der Waals surface area (Å²) >= 11 is 0. The molecule has 1 aliphatic rings. The predicted molar refractivity (Wildman–Crippen MR) is 89.6 cm³/mol. The molecule has 0 radical (unpaired) electrons. The third kappa shape index (κ3) is 5.16. The van der Waals surface area contributed by atoms with Crippen LogP contribution in [0.15, 0.2) is 18.3 Å². The van der Waals surface area contributed by atoms with Crippen LogP contribution in [0.3, 0.4) is 0 Å². The Morgan fingerprint density at radius 2 is 2.11 bits per heavy atom. The minimum Gasteiger partial charge on any atom is -0.468 e. The second-order valence-corrected chi connectivity index (χ2v) is 6.18. The van der Waals surface area contributed by atoms with Crippen molar-refractivity contribution >= 4 is 11.9 Å². The van der Waals surface area contributed by atoms with Crippen LogP contribution in [0.2, 0.25) is 0 Å². The first-order chi connectivity index (χ1) is 12.8. The summed E-state index contributed by atoms with van der Waals surface area (Å²) in [4.78, 5) is 20.4. The largest absolute Gasteiger partial charge is 0.468 e. The van der Waals surface area contributed by atoms with Gasteiger partial charge < -0.3 is 10.1 Å². The third-order valence-electron chi connectivity index (χ3n) is 4.09. The maximum Gasteiger partial charge on any atom is 0.422 e. The van der Waals surface area contributed by atoms with Crippen LogP contribution in [0.5, 0.6) is 5.88 Å². The molecule has 1 amide bonds. The standard InChI is InChI=1S/C16H19F3N6O2/c1-25-15(22-13(24-25)10-4-6-20-7-5-10)23-14(26)11-2-3-12(21-8-11)27-9-16(17,18)19/h2-3,8,10,20H,4-7,9H2,1H3,(H,22,23,24,26). The van der Waals surface area contributed by atoms with Crippen molar-refractivity contribution in [3.63, 3.8) is 0 Å². The van der Waals surface area contributed by atoms with Gasteiger partial charge in [0.05, 0.1) is 5.56 Å². The van der Waals surface area contributed by atoms with Gasteiger partial charge in [0.1, 0.15) is 0 Å². The molecule has 1 aliphatic heterocycles. The molecule has 1 saturated heterocycles. The number of rotatable bonds is 5. The van der Waals surface area contributed by atoms with E-state index < -0.39 is 18.7 Å². The fourth-order valence-corrected chi connectivity index (χ4v) is 2.70. The number of ether oxygens (including phenoxy) is 1. The fourth-order valence-electron chi connectivity index (χ4n) is 2.70. The number of piperidine rings is 1. The lowest BCUT2D eigenvalue weighted by atomic mass is 9.98. The molecule has 3 heterocycles. The van der Waals surface area contributed by atoms with E-state index in [9.17, 15) is 18.0 Å². The predicted octanol–water partition coefficient (Wildman–Crippen LogP) is 1.87. The number of aromatic nitrogens is 4. The second kappa shape index (κ2) is 7.91. The number of pyridine rings is 1. The maximum atomic E-state index is 12.3. The van der Waals surface area contributed by atoms with Gasteiger partial charge in [0, 0.05) is 25.2 Å². The minimum absolute atomic E-state index is 0.167. The van der Waals surface area contributed by atoms with Crippen molar-refractivity contribution in [3.8, 4) is 5.88 Å². The van der Waals surface area contributed by atoms with Crippen LogP contribution in [-0.4, -0.2) is 51.5 Å². The van der Waals surface area contributed by atoms with E-state index in [-0.39, 0.29) is 17.4 Å². The number of hydrogen-bond donors (Lipinski definition) is 2. The van der Waals surface area contributed by atoms with Crippen molar-refractivity contribution < 1.29 is 22.7 Å². The molecular weight excluding hydrogens is 365 g/mol. The van der Waals surface area contributed by atoms with Gasteiger partial charge >= 0.3 is 6.18 Å². The van der Waals surface area contributed by atoms with Gasteiger partial charge in [-0.1, -0.05) is 0 Å². The summed E-state index contributed by atoms with van der Waals surface area (Å²) in [6, 6.07) is 2.54. The molecule has 0 unspecified atom stereocenters. The molecule has 27 heavy (non-hydrogen) atoms. The van der Waals surface area contributed by atoms with Crippen LogP contribution in [0.4, 0.5) is 19.1 Å². The first-order valence-electron chi connectivity index (χ1n) is 8.40. The molecule has 3 rings (SSSR count). The zero-order chi connectivity index (χ0) is 19.4. The molecule has 8 nitrogen and oxygen atoms in total. The Morgan fingerprint density at radius 3 is 2.74 bits per heavy atom. The van der Waals surface area contributed by atoms with Crippen LogP contribution >= 0.6 is 0 Å². The molecule has 146 valence electrons. The highest BCUT2D eigenvalue weighted by Crippen LogP contribution is 2.23. The number of hydrogen-bond acceptors (Lipinski definition) is 6. The van der Waals surface area contributed by atoms with Gasteiger partial charge in [0.15, 0.2) is 12.4 Å². The maximum absolute atomic E-state index is 12.3. The molecule has 1 fully saturated rings. The molecule has 11 heteroatoms. The fraction of sp³-hybridized carbons (Fsp3) is 0.500. The molecular formula is C16H19F3N6O2. The zero-order valence-corrected chi connectivity index (χ0v) is 14.6. The molecule has 0 saturated carbocycles. The van der Waals surface area contributed by atoms with Crippen molar-refractivity contribution in [2.75, 3.05) is 25.0 Å². The molecule has 0 atom stereocenters. The average Bonchev–Trinajstić information content (AvgIpc) is 3.01. The normalized spacial score (nSPS) is 15.6. The van der Waals surface area contributed by atoms with Gasteiger partial charge in [-0.15, -0.1) is 0 Å². The Morgan fingerprint density at radius 1 is 1.37 bits per heavy atom. The minimum atomic E-state index is -4.45. The summed E-state index contributed by atoms with van der Waals surface area (Å²) in [5.74, 6) is 0.525. The molecule has 0 aliphatic carbocycles. The van der Waals surface area contributed by atoms with E-state index in [1.54, 1.807) is 7.05 Å². The Hall–Kier alpha value is -2.69. The first-order valence-corrected chi connectivity index (χ1v) is 8.40. The number of carbonyl (C=O) groups is 1. The summed E-state index contributed by atoms with van der Waals surface area (Å²) in [6.45, 7) is 0.363. The number of anilines is 1. The number of aryl methyl sites for hydroxylation is 1. The first kappa shape index (κ1) is 19.1. The number of nitrogens with zero attached hydrogens (tertiary/aromatic N) is 4. The smallest absolute Gasteiger partial charge is 0.422 e. The number of nitrogens with one attached hydrogen (secondary N) is 2. The zero-order valence-electron chi connectivity index (χ0n) is 14.6. The lowest BCUT2D eigenvalue weighted by Crippen LogP contribution is -2.27. The van der Waals surface area contributed by atoms with Crippen molar-refractivity contribution in [3.05, 3.63) is 29.7 Å². The van der Waals surface area contributed by atoms with Gasteiger partial charge in [0.2, 0.25) is 11.8 Å². The molecule has 0 aromatic carbocycles. The molecule has 2 aromatic heterocycles. The van der Waals surface area contributed by atoms with Crippen LogP contribution in [0.25, 0.3) is 0 Å². The summed E-state index contributed by atoms with van der Waals surface area (Å²) in [5.41, 5.74) is 0.167. The van der Waals surface area contributed by atoms with Crippen LogP contribution in [0.1, 0.15) is 34.9 Å². The Bertz CT molecular complexity index is 784. The van der Waals surface area contributed by atoms with Gasteiger partial charge in [0.25, 0.3) is 5.91 Å². The number of amides is 1. The summed E-state index contributed by atoms with van der Waals surface area (Å²) in [6.07, 6.45) is -1.44. The van der Waals surface area contributed by atoms with Gasteiger partial charge in [-0.2, -0.15) is 23.3 Å². The van der Waals surface area contributed by atoms with Gasteiger partial charge in [-0.3, -0.25) is 10.1 Å². The van der Waals surface area contributed by atoms with Gasteiger partial charge in [-0.05, 0) is 32.0 Å².